The first kappa shape index (κ1) is 28.6. The number of H-pyrrole nitrogens is 1. The molecule has 0 bridgehead atoms. The molecule has 1 unspecified atom stereocenters. The van der Waals surface area contributed by atoms with Crippen LogP contribution in [0.5, 0.6) is 0 Å². The maximum atomic E-state index is 13.1. The third-order valence-corrected chi connectivity index (χ3v) is 6.25. The van der Waals surface area contributed by atoms with Gasteiger partial charge in [0, 0.05) is 12.0 Å². The van der Waals surface area contributed by atoms with Crippen molar-refractivity contribution in [2.45, 2.75) is 66.9 Å². The smallest absolute Gasteiger partial charge is 0.359 e. The van der Waals surface area contributed by atoms with Gasteiger partial charge in [0.2, 0.25) is 0 Å². The van der Waals surface area contributed by atoms with Crippen molar-refractivity contribution in [3.05, 3.63) is 71.3 Å². The monoisotopic (exact) mass is 546 g/mol. The molecule has 0 amide bonds. The molecular weight excluding hydrogens is 512 g/mol. The number of hydrogen-bond acceptors (Lipinski definition) is 9. The first-order valence-electron chi connectivity index (χ1n) is 13.1. The van der Waals surface area contributed by atoms with Crippen molar-refractivity contribution in [1.29, 1.82) is 0 Å². The number of aliphatic hydroxyl groups excluding tert-OH is 1. The summed E-state index contributed by atoms with van der Waals surface area (Å²) in [6.07, 6.45) is 0.251. The van der Waals surface area contributed by atoms with E-state index in [0.717, 1.165) is 28.7 Å². The Labute approximate surface area is 232 Å². The fourth-order valence-corrected chi connectivity index (χ4v) is 4.20. The summed E-state index contributed by atoms with van der Waals surface area (Å²) in [5, 5.41) is 24.7. The average Bonchev–Trinajstić information content (AvgIpc) is 3.59. The highest BCUT2D eigenvalue weighted by atomic mass is 16.5. The lowest BCUT2D eigenvalue weighted by Gasteiger charge is -2.19. The van der Waals surface area contributed by atoms with Crippen LogP contribution in [-0.4, -0.2) is 47.2 Å². The fraction of sp³-hybridized carbons (Fsp3) is 0.379. The summed E-state index contributed by atoms with van der Waals surface area (Å²) in [5.74, 6) is 0.0453. The van der Waals surface area contributed by atoms with Gasteiger partial charge in [0.15, 0.2) is 18.2 Å². The van der Waals surface area contributed by atoms with Gasteiger partial charge in [0.25, 0.3) is 0 Å². The van der Waals surface area contributed by atoms with E-state index in [1.807, 2.05) is 55.5 Å². The van der Waals surface area contributed by atoms with E-state index in [1.54, 1.807) is 25.3 Å². The molecule has 0 fully saturated rings. The molecule has 2 heterocycles. The predicted molar refractivity (Wildman–Crippen MR) is 147 cm³/mol. The van der Waals surface area contributed by atoms with E-state index in [2.05, 4.69) is 25.6 Å². The summed E-state index contributed by atoms with van der Waals surface area (Å²) < 4.78 is 12.7. The van der Waals surface area contributed by atoms with E-state index < -0.39 is 23.5 Å². The Balaban J connectivity index is 1.51. The number of nitrogens with zero attached hydrogens (tertiary/aromatic N) is 5. The molecule has 40 heavy (non-hydrogen) atoms. The summed E-state index contributed by atoms with van der Waals surface area (Å²) in [7, 11) is 0. The Kier molecular flexibility index (Phi) is 8.73. The molecular formula is C29H34N6O5. The van der Waals surface area contributed by atoms with Crippen LogP contribution in [0, 0.1) is 5.41 Å². The Morgan fingerprint density at radius 2 is 1.75 bits per heavy atom. The number of nitrogens with one attached hydrogen (secondary N) is 1. The van der Waals surface area contributed by atoms with Crippen LogP contribution in [0.2, 0.25) is 0 Å². The average molecular weight is 547 g/mol. The lowest BCUT2D eigenvalue weighted by Crippen LogP contribution is -2.25. The molecule has 4 aromatic rings. The van der Waals surface area contributed by atoms with Crippen LogP contribution < -0.4 is 0 Å². The van der Waals surface area contributed by atoms with Crippen LogP contribution in [0.25, 0.3) is 22.5 Å². The van der Waals surface area contributed by atoms with Gasteiger partial charge in [-0.2, -0.15) is 0 Å². The normalized spacial score (nSPS) is 12.2. The minimum Gasteiger partial charge on any atom is -0.456 e. The molecule has 0 saturated carbocycles. The summed E-state index contributed by atoms with van der Waals surface area (Å²) in [6, 6.07) is 15.4. The highest BCUT2D eigenvalue weighted by Crippen LogP contribution is 2.30. The van der Waals surface area contributed by atoms with Crippen molar-refractivity contribution < 1.29 is 24.2 Å². The molecule has 2 N–H and O–H groups in total. The predicted octanol–water partition coefficient (Wildman–Crippen LogP) is 4.64. The van der Waals surface area contributed by atoms with Crippen molar-refractivity contribution in [1.82, 2.24) is 30.2 Å². The number of esters is 2. The molecule has 1 atom stereocenters. The first-order valence-corrected chi connectivity index (χ1v) is 13.1. The number of aryl methyl sites for hydroxylation is 1. The van der Waals surface area contributed by atoms with Gasteiger partial charge in [-0.15, -0.1) is 5.10 Å². The second-order valence-electron chi connectivity index (χ2n) is 10.5. The van der Waals surface area contributed by atoms with E-state index in [-0.39, 0.29) is 24.7 Å². The van der Waals surface area contributed by atoms with Crippen LogP contribution in [0.3, 0.4) is 0 Å². The number of rotatable bonds is 10. The van der Waals surface area contributed by atoms with E-state index in [4.69, 9.17) is 9.47 Å². The topological polar surface area (TPSA) is 145 Å². The van der Waals surface area contributed by atoms with Gasteiger partial charge in [0.1, 0.15) is 12.4 Å². The molecule has 11 heteroatoms. The molecule has 11 nitrogen and oxygen atoms in total. The number of ether oxygens (including phenoxy) is 2. The molecule has 4 rings (SSSR count). The second-order valence-corrected chi connectivity index (χ2v) is 10.5. The molecule has 0 aliphatic heterocycles. The molecule has 0 aliphatic carbocycles. The minimum absolute atomic E-state index is 0.0106. The first-order chi connectivity index (χ1) is 19.1. The fourth-order valence-electron chi connectivity index (χ4n) is 4.20. The summed E-state index contributed by atoms with van der Waals surface area (Å²) >= 11 is 0. The number of hydrogen-bond donors (Lipinski definition) is 2. The number of aliphatic hydroxyl groups is 1. The number of aromatic nitrogens is 6. The van der Waals surface area contributed by atoms with Crippen LogP contribution in [-0.2, 0) is 34.0 Å². The number of carbonyl (C=O) groups excluding carboxylic acids is 2. The Hall–Kier alpha value is -4.38. The zero-order valence-electron chi connectivity index (χ0n) is 23.3. The third-order valence-electron chi connectivity index (χ3n) is 6.25. The maximum absolute atomic E-state index is 13.1. The Bertz CT molecular complexity index is 1450. The van der Waals surface area contributed by atoms with Gasteiger partial charge < -0.3 is 14.6 Å². The van der Waals surface area contributed by atoms with Crippen molar-refractivity contribution >= 4 is 11.9 Å². The van der Waals surface area contributed by atoms with Crippen LogP contribution in [0.1, 0.15) is 74.7 Å². The lowest BCUT2D eigenvalue weighted by atomic mass is 9.98. The van der Waals surface area contributed by atoms with E-state index in [0.29, 0.717) is 18.1 Å². The molecule has 0 aliphatic rings. The van der Waals surface area contributed by atoms with E-state index in [9.17, 15) is 14.7 Å². The number of aromatic amines is 1. The quantitative estimate of drug-likeness (QED) is 0.272. The highest BCUT2D eigenvalue weighted by molar-refractivity contribution is 5.89. The largest absolute Gasteiger partial charge is 0.456 e. The minimum atomic E-state index is -1.03. The molecule has 0 radical (unpaired) electrons. The third kappa shape index (κ3) is 6.42. The van der Waals surface area contributed by atoms with Crippen LogP contribution in [0.15, 0.2) is 48.5 Å². The zero-order chi connectivity index (χ0) is 28.9. The molecule has 0 spiro atoms. The SMILES string of the molecule is CCCc1nc(C(=O)OCc2ccc(-c3ccccc3-c3nnn[nH]3)cc2)c(C(C)O)n1COC(=O)C(C)(C)C. The van der Waals surface area contributed by atoms with Crippen molar-refractivity contribution in [2.24, 2.45) is 5.41 Å². The van der Waals surface area contributed by atoms with Gasteiger partial charge in [0.05, 0.1) is 17.2 Å². The zero-order valence-corrected chi connectivity index (χ0v) is 23.3. The summed E-state index contributed by atoms with van der Waals surface area (Å²) in [4.78, 5) is 30.0. The van der Waals surface area contributed by atoms with E-state index >= 15 is 0 Å². The van der Waals surface area contributed by atoms with E-state index in [1.165, 1.54) is 6.92 Å². The molecule has 2 aromatic heterocycles. The number of imidazole rings is 1. The second kappa shape index (κ2) is 12.2. The van der Waals surface area contributed by atoms with Crippen molar-refractivity contribution in [3.8, 4) is 22.5 Å². The van der Waals surface area contributed by atoms with Gasteiger partial charge in [-0.25, -0.2) is 14.9 Å². The Morgan fingerprint density at radius 3 is 2.35 bits per heavy atom. The van der Waals surface area contributed by atoms with Gasteiger partial charge >= 0.3 is 11.9 Å². The molecule has 210 valence electrons. The van der Waals surface area contributed by atoms with Crippen molar-refractivity contribution in [2.75, 3.05) is 0 Å². The number of carbonyl (C=O) groups is 2. The molecule has 2 aromatic carbocycles. The maximum Gasteiger partial charge on any atom is 0.359 e. The standard InChI is InChI=1S/C29H34N6O5/c1-6-9-23-30-24(25(18(2)36)35(23)17-40-28(38)29(3,4)5)27(37)39-16-19-12-14-20(15-13-19)21-10-7-8-11-22(21)26-31-33-34-32-26/h7-8,10-15,18,36H,6,9,16-17H2,1-5H3,(H,31,32,33,34). The van der Waals surface area contributed by atoms with Crippen molar-refractivity contribution in [3.63, 3.8) is 0 Å². The summed E-state index contributed by atoms with van der Waals surface area (Å²) in [5.41, 5.74) is 3.12. The van der Waals surface area contributed by atoms with Crippen LogP contribution in [0.4, 0.5) is 0 Å². The number of tetrazole rings is 1. The van der Waals surface area contributed by atoms with Gasteiger partial charge in [-0.05, 0) is 61.2 Å². The van der Waals surface area contributed by atoms with Gasteiger partial charge in [-0.1, -0.05) is 55.5 Å². The summed E-state index contributed by atoms with van der Waals surface area (Å²) in [6.45, 7) is 8.65. The van der Waals surface area contributed by atoms with Gasteiger partial charge in [-0.3, -0.25) is 9.36 Å². The number of benzene rings is 2. The lowest BCUT2D eigenvalue weighted by molar-refractivity contribution is -0.157. The molecule has 0 saturated heterocycles. The van der Waals surface area contributed by atoms with Crippen LogP contribution >= 0.6 is 0 Å². The Morgan fingerprint density at radius 1 is 1.05 bits per heavy atom. The highest BCUT2D eigenvalue weighted by Gasteiger charge is 2.28.